The van der Waals surface area contributed by atoms with Crippen molar-refractivity contribution in [2.75, 3.05) is 19.6 Å². The number of hydrogen-bond acceptors (Lipinski definition) is 4. The van der Waals surface area contributed by atoms with Gasteiger partial charge in [0.1, 0.15) is 0 Å². The number of nitrogens with two attached hydrogens (primary N) is 1. The molecule has 1 aliphatic heterocycles. The van der Waals surface area contributed by atoms with E-state index in [0.717, 1.165) is 12.0 Å². The lowest BCUT2D eigenvalue weighted by Gasteiger charge is -2.18. The number of rotatable bonds is 7. The summed E-state index contributed by atoms with van der Waals surface area (Å²) in [6.45, 7) is 3.85. The third-order valence-electron chi connectivity index (χ3n) is 6.19. The van der Waals surface area contributed by atoms with Crippen LogP contribution in [0.3, 0.4) is 0 Å². The Labute approximate surface area is 175 Å². The highest BCUT2D eigenvalue weighted by Crippen LogP contribution is 2.52. The topological polar surface area (TPSA) is 117 Å². The van der Waals surface area contributed by atoms with E-state index >= 15 is 0 Å². The summed E-state index contributed by atoms with van der Waals surface area (Å²) in [5, 5.41) is 6.36. The number of likely N-dealkylation sites (tertiary alicyclic amines) is 1. The number of hydrogen-bond donors (Lipinski definition) is 3. The summed E-state index contributed by atoms with van der Waals surface area (Å²) < 4.78 is 0. The number of carbonyl (C=O) groups excluding carboxylic acids is 3. The van der Waals surface area contributed by atoms with Gasteiger partial charge in [0, 0.05) is 25.2 Å². The number of aliphatic imine (C=N–C) groups is 1. The number of guanidine groups is 1. The molecule has 2 aliphatic carbocycles. The van der Waals surface area contributed by atoms with Gasteiger partial charge >= 0.3 is 0 Å². The first kappa shape index (κ1) is 20.1. The number of nitrogens with zero attached hydrogens (tertiary/aromatic N) is 2. The molecule has 158 valence electrons. The molecule has 1 aromatic rings. The van der Waals surface area contributed by atoms with Gasteiger partial charge in [-0.3, -0.25) is 19.3 Å². The quantitative estimate of drug-likeness (QED) is 0.265. The standard InChI is InChI=1S/C22H27N5O3/c1-2-24-22(26-12-13-3-5-14(6-4-13)19(23)28)25-9-10-27-20(29)17-15-7-8-16(11-15)18(17)21(27)30/h3-8,15-18H,2,9-12H2,1H3,(H2,23,28)(H2,24,25,26). The van der Waals surface area contributed by atoms with Crippen LogP contribution in [0.1, 0.15) is 29.3 Å². The summed E-state index contributed by atoms with van der Waals surface area (Å²) in [4.78, 5) is 42.6. The molecule has 4 N–H and O–H groups in total. The number of carbonyl (C=O) groups is 3. The van der Waals surface area contributed by atoms with Crippen LogP contribution >= 0.6 is 0 Å². The number of amides is 3. The first-order valence-electron chi connectivity index (χ1n) is 10.4. The van der Waals surface area contributed by atoms with Crippen LogP contribution in [0.25, 0.3) is 0 Å². The lowest BCUT2D eigenvalue weighted by Crippen LogP contribution is -2.43. The Morgan fingerprint density at radius 2 is 1.73 bits per heavy atom. The number of primary amides is 1. The molecule has 3 aliphatic rings. The van der Waals surface area contributed by atoms with Crippen molar-refractivity contribution in [1.82, 2.24) is 15.5 Å². The number of allylic oxidation sites excluding steroid dienone is 2. The molecule has 1 saturated heterocycles. The van der Waals surface area contributed by atoms with Crippen molar-refractivity contribution >= 4 is 23.7 Å². The van der Waals surface area contributed by atoms with Crippen molar-refractivity contribution in [3.05, 3.63) is 47.5 Å². The molecule has 0 radical (unpaired) electrons. The summed E-state index contributed by atoms with van der Waals surface area (Å²) >= 11 is 0. The minimum atomic E-state index is -0.459. The van der Waals surface area contributed by atoms with E-state index in [0.29, 0.717) is 37.7 Å². The van der Waals surface area contributed by atoms with Gasteiger partial charge in [0.2, 0.25) is 17.7 Å². The van der Waals surface area contributed by atoms with Gasteiger partial charge in [-0.2, -0.15) is 0 Å². The first-order chi connectivity index (χ1) is 14.5. The molecule has 2 bridgehead atoms. The largest absolute Gasteiger partial charge is 0.366 e. The zero-order valence-electron chi connectivity index (χ0n) is 17.0. The number of benzene rings is 1. The first-order valence-corrected chi connectivity index (χ1v) is 10.4. The molecule has 30 heavy (non-hydrogen) atoms. The minimum Gasteiger partial charge on any atom is -0.366 e. The van der Waals surface area contributed by atoms with E-state index in [1.165, 1.54) is 4.90 Å². The van der Waals surface area contributed by atoms with Crippen LogP contribution in [0.4, 0.5) is 0 Å². The molecule has 3 amide bonds. The van der Waals surface area contributed by atoms with E-state index in [1.807, 2.05) is 19.1 Å². The minimum absolute atomic E-state index is 0.0277. The Bertz CT molecular complexity index is 878. The van der Waals surface area contributed by atoms with E-state index in [2.05, 4.69) is 27.8 Å². The van der Waals surface area contributed by atoms with Gasteiger partial charge in [-0.15, -0.1) is 0 Å². The van der Waals surface area contributed by atoms with E-state index in [1.54, 1.807) is 12.1 Å². The maximum Gasteiger partial charge on any atom is 0.248 e. The van der Waals surface area contributed by atoms with Crippen LogP contribution in [0.5, 0.6) is 0 Å². The number of imide groups is 1. The molecule has 4 rings (SSSR count). The predicted molar refractivity (Wildman–Crippen MR) is 112 cm³/mol. The number of fused-ring (bicyclic) bond motifs is 5. The van der Waals surface area contributed by atoms with E-state index < -0.39 is 5.91 Å². The van der Waals surface area contributed by atoms with Crippen molar-refractivity contribution in [2.45, 2.75) is 19.9 Å². The Morgan fingerprint density at radius 3 is 2.30 bits per heavy atom. The summed E-state index contributed by atoms with van der Waals surface area (Å²) in [5.74, 6) is 0.246. The Balaban J connectivity index is 1.32. The molecule has 0 aromatic heterocycles. The molecule has 8 nitrogen and oxygen atoms in total. The maximum atomic E-state index is 12.7. The van der Waals surface area contributed by atoms with Gasteiger partial charge in [0.25, 0.3) is 0 Å². The van der Waals surface area contributed by atoms with Gasteiger partial charge in [0.05, 0.1) is 18.4 Å². The molecular formula is C22H27N5O3. The average molecular weight is 409 g/mol. The Hall–Kier alpha value is -3.16. The van der Waals surface area contributed by atoms with Gasteiger partial charge < -0.3 is 16.4 Å². The van der Waals surface area contributed by atoms with Crippen LogP contribution in [0, 0.1) is 23.7 Å². The highest BCUT2D eigenvalue weighted by Gasteiger charge is 2.58. The average Bonchev–Trinajstić information content (AvgIpc) is 3.42. The smallest absolute Gasteiger partial charge is 0.248 e. The molecule has 4 atom stereocenters. The van der Waals surface area contributed by atoms with E-state index in [9.17, 15) is 14.4 Å². The van der Waals surface area contributed by atoms with Crippen molar-refractivity contribution in [2.24, 2.45) is 34.4 Å². The van der Waals surface area contributed by atoms with E-state index in [4.69, 9.17) is 5.73 Å². The van der Waals surface area contributed by atoms with Gasteiger partial charge in [-0.05, 0) is 42.9 Å². The lowest BCUT2D eigenvalue weighted by atomic mass is 9.85. The summed E-state index contributed by atoms with van der Waals surface area (Å²) in [6.07, 6.45) is 5.14. The third-order valence-corrected chi connectivity index (χ3v) is 6.19. The fraction of sp³-hybridized carbons (Fsp3) is 0.455. The van der Waals surface area contributed by atoms with Crippen LogP contribution in [0.2, 0.25) is 0 Å². The van der Waals surface area contributed by atoms with Crippen LogP contribution in [-0.2, 0) is 16.1 Å². The van der Waals surface area contributed by atoms with Crippen molar-refractivity contribution in [3.8, 4) is 0 Å². The highest BCUT2D eigenvalue weighted by molar-refractivity contribution is 6.06. The summed E-state index contributed by atoms with van der Waals surface area (Å²) in [6, 6.07) is 6.99. The molecule has 1 aromatic carbocycles. The number of nitrogens with one attached hydrogen (secondary N) is 2. The third kappa shape index (κ3) is 3.69. The van der Waals surface area contributed by atoms with Gasteiger partial charge in [-0.25, -0.2) is 4.99 Å². The molecule has 1 saturated carbocycles. The molecule has 1 heterocycles. The molecule has 0 spiro atoms. The van der Waals surface area contributed by atoms with Crippen molar-refractivity contribution < 1.29 is 14.4 Å². The second-order valence-corrected chi connectivity index (χ2v) is 8.01. The van der Waals surface area contributed by atoms with Crippen LogP contribution in [-0.4, -0.2) is 48.2 Å². The van der Waals surface area contributed by atoms with Gasteiger partial charge in [-0.1, -0.05) is 24.3 Å². The zero-order valence-corrected chi connectivity index (χ0v) is 17.0. The molecule has 4 unspecified atom stereocenters. The molecular weight excluding hydrogens is 382 g/mol. The normalized spacial score (nSPS) is 27.0. The zero-order chi connectivity index (χ0) is 21.3. The predicted octanol–water partition coefficient (Wildman–Crippen LogP) is 0.648. The second-order valence-electron chi connectivity index (χ2n) is 8.01. The maximum absolute atomic E-state index is 12.7. The van der Waals surface area contributed by atoms with Crippen LogP contribution in [0.15, 0.2) is 41.4 Å². The SMILES string of the molecule is CCNC(=NCc1ccc(C(N)=O)cc1)NCCN1C(=O)C2C3C=CC(C3)C2C1=O. The van der Waals surface area contributed by atoms with Crippen molar-refractivity contribution in [3.63, 3.8) is 0 Å². The van der Waals surface area contributed by atoms with Crippen LogP contribution < -0.4 is 16.4 Å². The monoisotopic (exact) mass is 409 g/mol. The fourth-order valence-corrected chi connectivity index (χ4v) is 4.76. The van der Waals surface area contributed by atoms with Crippen molar-refractivity contribution in [1.29, 1.82) is 0 Å². The summed E-state index contributed by atoms with van der Waals surface area (Å²) in [7, 11) is 0. The molecule has 8 heteroatoms. The van der Waals surface area contributed by atoms with E-state index in [-0.39, 0.29) is 35.5 Å². The highest BCUT2D eigenvalue weighted by atomic mass is 16.2. The Morgan fingerprint density at radius 1 is 1.10 bits per heavy atom. The van der Waals surface area contributed by atoms with Gasteiger partial charge in [0.15, 0.2) is 5.96 Å². The summed E-state index contributed by atoms with van der Waals surface area (Å²) in [5.41, 5.74) is 6.66. The second kappa shape index (κ2) is 8.30. The lowest BCUT2D eigenvalue weighted by molar-refractivity contribution is -0.140. The molecule has 2 fully saturated rings. The Kier molecular flexibility index (Phi) is 5.57. The fourth-order valence-electron chi connectivity index (χ4n) is 4.76.